The summed E-state index contributed by atoms with van der Waals surface area (Å²) in [5, 5.41) is 29.6. The molecule has 1 aromatic carbocycles. The number of hydrogen-bond donors (Lipinski definition) is 3. The highest BCUT2D eigenvalue weighted by Crippen LogP contribution is 2.21. The van der Waals surface area contributed by atoms with Crippen LogP contribution in [-0.2, 0) is 4.79 Å². The molecule has 0 aromatic heterocycles. The maximum Gasteiger partial charge on any atom is 0.334 e. The summed E-state index contributed by atoms with van der Waals surface area (Å²) in [6, 6.07) is 0.549. The number of nitro benzene ring substituents is 1. The van der Waals surface area contributed by atoms with E-state index in [-0.39, 0.29) is 6.07 Å². The normalized spacial score (nSPS) is 11.8. The van der Waals surface area contributed by atoms with Crippen LogP contribution in [0.1, 0.15) is 10.4 Å². The van der Waals surface area contributed by atoms with Gasteiger partial charge in [-0.05, 0) is 0 Å². The summed E-state index contributed by atoms with van der Waals surface area (Å²) in [6.45, 7) is -0.737. The van der Waals surface area contributed by atoms with Crippen molar-refractivity contribution in [3.63, 3.8) is 0 Å². The molecule has 0 spiro atoms. The Morgan fingerprint density at radius 3 is 2.45 bits per heavy atom. The van der Waals surface area contributed by atoms with Crippen molar-refractivity contribution in [3.05, 3.63) is 39.4 Å². The second kappa shape index (κ2) is 6.02. The lowest BCUT2D eigenvalue weighted by atomic mass is 10.1. The van der Waals surface area contributed by atoms with Crippen LogP contribution in [0, 0.1) is 21.7 Å². The maximum atomic E-state index is 13.3. The Bertz CT molecular complexity index is 577. The van der Waals surface area contributed by atoms with Crippen molar-refractivity contribution in [1.82, 2.24) is 5.32 Å². The van der Waals surface area contributed by atoms with Crippen LogP contribution in [0.2, 0.25) is 0 Å². The second-order valence-corrected chi connectivity index (χ2v) is 3.60. The zero-order chi connectivity index (χ0) is 15.4. The lowest BCUT2D eigenvalue weighted by molar-refractivity contribution is -0.387. The molecule has 0 aliphatic rings. The Morgan fingerprint density at radius 2 is 1.95 bits per heavy atom. The van der Waals surface area contributed by atoms with Gasteiger partial charge in [-0.3, -0.25) is 14.9 Å². The first-order valence-corrected chi connectivity index (χ1v) is 5.06. The first-order chi connectivity index (χ1) is 9.23. The molecule has 0 saturated carbocycles. The zero-order valence-electron chi connectivity index (χ0n) is 9.67. The average Bonchev–Trinajstić information content (AvgIpc) is 2.34. The molecule has 8 nitrogen and oxygen atoms in total. The fourth-order valence-corrected chi connectivity index (χ4v) is 1.22. The minimum atomic E-state index is -1.92. The smallest absolute Gasteiger partial charge is 0.334 e. The van der Waals surface area contributed by atoms with E-state index >= 15 is 0 Å². The number of carboxylic acid groups (broad SMARTS) is 1. The number of carboxylic acids is 1. The van der Waals surface area contributed by atoms with Gasteiger partial charge in [0.05, 0.1) is 17.0 Å². The number of amides is 1. The SMILES string of the molecule is O=C(NC[C@H](O)C(=O)O)c1cc([N+](=O)[O-])c(F)cc1F. The number of nitrogens with zero attached hydrogens (tertiary/aromatic N) is 1. The van der Waals surface area contributed by atoms with E-state index in [0.29, 0.717) is 6.07 Å². The minimum Gasteiger partial charge on any atom is -0.479 e. The molecule has 0 heterocycles. The quantitative estimate of drug-likeness (QED) is 0.519. The van der Waals surface area contributed by atoms with E-state index in [1.54, 1.807) is 0 Å². The summed E-state index contributed by atoms with van der Waals surface area (Å²) in [6.07, 6.45) is -1.92. The molecule has 0 saturated heterocycles. The van der Waals surface area contributed by atoms with E-state index in [0.717, 1.165) is 0 Å². The topological polar surface area (TPSA) is 130 Å². The highest BCUT2D eigenvalue weighted by Gasteiger charge is 2.23. The van der Waals surface area contributed by atoms with Crippen molar-refractivity contribution in [2.75, 3.05) is 6.54 Å². The molecule has 0 bridgehead atoms. The third kappa shape index (κ3) is 3.45. The Balaban J connectivity index is 2.96. The molecule has 1 atom stereocenters. The van der Waals surface area contributed by atoms with Crippen molar-refractivity contribution in [2.24, 2.45) is 0 Å². The van der Waals surface area contributed by atoms with Gasteiger partial charge in [-0.15, -0.1) is 0 Å². The molecule has 0 aliphatic carbocycles. The minimum absolute atomic E-state index is 0.167. The average molecular weight is 290 g/mol. The molecule has 108 valence electrons. The lowest BCUT2D eigenvalue weighted by Crippen LogP contribution is -2.36. The molecule has 0 fully saturated rings. The highest BCUT2D eigenvalue weighted by molar-refractivity contribution is 5.95. The Morgan fingerprint density at radius 1 is 1.35 bits per heavy atom. The molecule has 0 unspecified atom stereocenters. The number of nitrogens with one attached hydrogen (secondary N) is 1. The fourth-order valence-electron chi connectivity index (χ4n) is 1.22. The molecule has 1 rings (SSSR count). The van der Waals surface area contributed by atoms with Crippen LogP contribution in [-0.4, -0.2) is 39.7 Å². The van der Waals surface area contributed by atoms with Crippen molar-refractivity contribution in [2.45, 2.75) is 6.10 Å². The lowest BCUT2D eigenvalue weighted by Gasteiger charge is -2.08. The first kappa shape index (κ1) is 15.4. The van der Waals surface area contributed by atoms with Gasteiger partial charge < -0.3 is 15.5 Å². The summed E-state index contributed by atoms with van der Waals surface area (Å²) in [7, 11) is 0. The molecule has 20 heavy (non-hydrogen) atoms. The van der Waals surface area contributed by atoms with Crippen LogP contribution >= 0.6 is 0 Å². The fraction of sp³-hybridized carbons (Fsp3) is 0.200. The van der Waals surface area contributed by atoms with Gasteiger partial charge in [-0.2, -0.15) is 4.39 Å². The van der Waals surface area contributed by atoms with E-state index in [1.807, 2.05) is 5.32 Å². The molecule has 3 N–H and O–H groups in total. The van der Waals surface area contributed by atoms with Gasteiger partial charge in [0.1, 0.15) is 5.82 Å². The number of aliphatic hydroxyl groups is 1. The first-order valence-electron chi connectivity index (χ1n) is 5.06. The summed E-state index contributed by atoms with van der Waals surface area (Å²) in [5.41, 5.74) is -1.94. The Labute approximate surface area is 109 Å². The number of aliphatic hydroxyl groups excluding tert-OH is 1. The summed E-state index contributed by atoms with van der Waals surface area (Å²) in [4.78, 5) is 31.1. The number of carbonyl (C=O) groups excluding carboxylic acids is 1. The van der Waals surface area contributed by atoms with Crippen LogP contribution < -0.4 is 5.32 Å². The van der Waals surface area contributed by atoms with E-state index in [2.05, 4.69) is 0 Å². The second-order valence-electron chi connectivity index (χ2n) is 3.60. The molecular formula is C10H8F2N2O6. The van der Waals surface area contributed by atoms with Crippen molar-refractivity contribution in [1.29, 1.82) is 0 Å². The zero-order valence-corrected chi connectivity index (χ0v) is 9.67. The number of carbonyl (C=O) groups is 2. The van der Waals surface area contributed by atoms with Crippen LogP contribution in [0.5, 0.6) is 0 Å². The number of aliphatic carboxylic acids is 1. The summed E-state index contributed by atoms with van der Waals surface area (Å²) < 4.78 is 26.4. The molecule has 0 radical (unpaired) electrons. The number of benzene rings is 1. The van der Waals surface area contributed by atoms with E-state index in [9.17, 15) is 28.5 Å². The van der Waals surface area contributed by atoms with Gasteiger partial charge in [-0.25, -0.2) is 9.18 Å². The Kier molecular flexibility index (Phi) is 4.64. The standard InChI is InChI=1S/C10H8F2N2O6/c11-5-2-6(12)7(14(19)20)1-4(5)9(16)13-3-8(15)10(17)18/h1-2,8,15H,3H2,(H,13,16)(H,17,18)/t8-/m0/s1. The largest absolute Gasteiger partial charge is 0.479 e. The molecule has 1 aromatic rings. The van der Waals surface area contributed by atoms with Crippen molar-refractivity contribution < 1.29 is 33.5 Å². The van der Waals surface area contributed by atoms with Gasteiger partial charge >= 0.3 is 11.7 Å². The van der Waals surface area contributed by atoms with Crippen LogP contribution in [0.4, 0.5) is 14.5 Å². The number of hydrogen-bond acceptors (Lipinski definition) is 5. The summed E-state index contributed by atoms with van der Waals surface area (Å²) in [5.74, 6) is -5.63. The van der Waals surface area contributed by atoms with Crippen LogP contribution in [0.3, 0.4) is 0 Å². The van der Waals surface area contributed by atoms with Gasteiger partial charge in [-0.1, -0.05) is 0 Å². The van der Waals surface area contributed by atoms with Crippen LogP contribution in [0.15, 0.2) is 12.1 Å². The van der Waals surface area contributed by atoms with Crippen molar-refractivity contribution >= 4 is 17.6 Å². The molecule has 0 aliphatic heterocycles. The number of nitro groups is 1. The predicted octanol–water partition coefficient (Wildman–Crippen LogP) is 0.0483. The van der Waals surface area contributed by atoms with Gasteiger partial charge in [0.25, 0.3) is 5.91 Å². The molecule has 10 heteroatoms. The predicted molar refractivity (Wildman–Crippen MR) is 59.0 cm³/mol. The van der Waals surface area contributed by atoms with Crippen LogP contribution in [0.25, 0.3) is 0 Å². The monoisotopic (exact) mass is 290 g/mol. The maximum absolute atomic E-state index is 13.3. The van der Waals surface area contributed by atoms with E-state index < -0.39 is 52.3 Å². The number of rotatable bonds is 5. The van der Waals surface area contributed by atoms with Gasteiger partial charge in [0, 0.05) is 12.1 Å². The van der Waals surface area contributed by atoms with E-state index in [1.165, 1.54) is 0 Å². The van der Waals surface area contributed by atoms with E-state index in [4.69, 9.17) is 10.2 Å². The van der Waals surface area contributed by atoms with Crippen molar-refractivity contribution in [3.8, 4) is 0 Å². The molecule has 1 amide bonds. The molecular weight excluding hydrogens is 282 g/mol. The number of halogens is 2. The van der Waals surface area contributed by atoms with Gasteiger partial charge in [0.15, 0.2) is 6.10 Å². The van der Waals surface area contributed by atoms with Gasteiger partial charge in [0.2, 0.25) is 5.82 Å². The third-order valence-electron chi connectivity index (χ3n) is 2.22. The highest BCUT2D eigenvalue weighted by atomic mass is 19.1. The summed E-state index contributed by atoms with van der Waals surface area (Å²) >= 11 is 0. The third-order valence-corrected chi connectivity index (χ3v) is 2.22. The Hall–Kier alpha value is -2.62.